The Kier molecular flexibility index (Phi) is 3.19. The first-order valence-electron chi connectivity index (χ1n) is 5.50. The number of nitrogens with zero attached hydrogens (tertiary/aromatic N) is 2. The molecule has 16 heavy (non-hydrogen) atoms. The number of aromatic nitrogens is 1. The lowest BCUT2D eigenvalue weighted by atomic mass is 10.1. The van der Waals surface area contributed by atoms with Gasteiger partial charge in [0.05, 0.1) is 12.2 Å². The minimum Gasteiger partial charge on any atom is -0.396 e. The minimum absolute atomic E-state index is 0.0867. The molecule has 1 atom stereocenters. The second-order valence-electron chi connectivity index (χ2n) is 4.29. The number of hydrogen-bond acceptors (Lipinski definition) is 3. The van der Waals surface area contributed by atoms with Crippen molar-refractivity contribution in [2.75, 3.05) is 13.2 Å². The Morgan fingerprint density at radius 3 is 3.06 bits per heavy atom. The van der Waals surface area contributed by atoms with Gasteiger partial charge < -0.3 is 10.0 Å². The van der Waals surface area contributed by atoms with Crippen molar-refractivity contribution < 1.29 is 9.90 Å². The number of aryl methyl sites for hydroxylation is 1. The molecule has 1 unspecified atom stereocenters. The molecule has 1 amide bonds. The summed E-state index contributed by atoms with van der Waals surface area (Å²) in [6.07, 6.45) is 2.20. The van der Waals surface area contributed by atoms with Crippen molar-refractivity contribution in [2.24, 2.45) is 5.92 Å². The summed E-state index contributed by atoms with van der Waals surface area (Å²) in [7, 11) is 0. The van der Waals surface area contributed by atoms with E-state index < -0.39 is 0 Å². The predicted octanol–water partition coefficient (Wildman–Crippen LogP) is 0.731. The Hall–Kier alpha value is -1.42. The van der Waals surface area contributed by atoms with E-state index in [1.807, 2.05) is 19.1 Å². The number of rotatable bonds is 3. The number of carbonyl (C=O) groups excluding carboxylic acids is 1. The molecule has 0 radical (unpaired) electrons. The molecule has 1 N–H and O–H groups in total. The van der Waals surface area contributed by atoms with Crippen molar-refractivity contribution in [2.45, 2.75) is 19.9 Å². The highest BCUT2D eigenvalue weighted by Gasteiger charge is 2.29. The molecule has 0 bridgehead atoms. The highest BCUT2D eigenvalue weighted by molar-refractivity contribution is 5.78. The van der Waals surface area contributed by atoms with Crippen molar-refractivity contribution in [3.05, 3.63) is 29.6 Å². The Balaban J connectivity index is 2.06. The summed E-state index contributed by atoms with van der Waals surface area (Å²) in [6.45, 7) is 3.28. The van der Waals surface area contributed by atoms with Gasteiger partial charge >= 0.3 is 0 Å². The number of aliphatic hydroxyl groups excluding tert-OH is 1. The maximum Gasteiger partial charge on any atom is 0.223 e. The lowest BCUT2D eigenvalue weighted by Gasteiger charge is -2.16. The van der Waals surface area contributed by atoms with E-state index in [0.717, 1.165) is 11.3 Å². The first-order valence-corrected chi connectivity index (χ1v) is 5.50. The normalized spacial score (nSPS) is 20.5. The molecule has 1 aromatic rings. The van der Waals surface area contributed by atoms with Crippen LogP contribution in [0.5, 0.6) is 0 Å². The highest BCUT2D eigenvalue weighted by atomic mass is 16.3. The number of hydrogen-bond donors (Lipinski definition) is 1. The molecule has 1 saturated heterocycles. The molecule has 1 aromatic heterocycles. The van der Waals surface area contributed by atoms with Gasteiger partial charge in [-0.25, -0.2) is 0 Å². The average molecular weight is 220 g/mol. The fraction of sp³-hybridized carbons (Fsp3) is 0.500. The zero-order valence-electron chi connectivity index (χ0n) is 9.39. The van der Waals surface area contributed by atoms with Crippen molar-refractivity contribution in [3.8, 4) is 0 Å². The number of pyridine rings is 1. The summed E-state index contributed by atoms with van der Waals surface area (Å²) in [5, 5.41) is 9.03. The van der Waals surface area contributed by atoms with Crippen LogP contribution in [0, 0.1) is 12.8 Å². The van der Waals surface area contributed by atoms with Crippen LogP contribution in [0.4, 0.5) is 0 Å². The summed E-state index contributed by atoms with van der Waals surface area (Å²) in [4.78, 5) is 17.7. The largest absolute Gasteiger partial charge is 0.396 e. The summed E-state index contributed by atoms with van der Waals surface area (Å²) >= 11 is 0. The third kappa shape index (κ3) is 2.22. The Morgan fingerprint density at radius 2 is 2.44 bits per heavy atom. The van der Waals surface area contributed by atoms with Gasteiger partial charge in [-0.05, 0) is 18.6 Å². The molecular weight excluding hydrogens is 204 g/mol. The molecule has 0 spiro atoms. The van der Waals surface area contributed by atoms with Crippen LogP contribution >= 0.6 is 0 Å². The van der Waals surface area contributed by atoms with Crippen LogP contribution in [0.15, 0.2) is 18.3 Å². The molecule has 1 aliphatic heterocycles. The third-order valence-corrected chi connectivity index (χ3v) is 3.01. The number of aliphatic hydroxyl groups is 1. The van der Waals surface area contributed by atoms with Gasteiger partial charge in [0, 0.05) is 31.7 Å². The van der Waals surface area contributed by atoms with E-state index in [-0.39, 0.29) is 18.4 Å². The Bertz CT molecular complexity index is 392. The fourth-order valence-corrected chi connectivity index (χ4v) is 1.99. The van der Waals surface area contributed by atoms with Crippen LogP contribution in [-0.4, -0.2) is 34.0 Å². The van der Waals surface area contributed by atoms with Crippen molar-refractivity contribution in [1.29, 1.82) is 0 Å². The quantitative estimate of drug-likeness (QED) is 0.817. The van der Waals surface area contributed by atoms with Gasteiger partial charge in [-0.3, -0.25) is 9.78 Å². The molecule has 4 nitrogen and oxygen atoms in total. The zero-order chi connectivity index (χ0) is 11.5. The molecule has 1 aliphatic rings. The first-order chi connectivity index (χ1) is 7.70. The lowest BCUT2D eigenvalue weighted by molar-refractivity contribution is -0.128. The van der Waals surface area contributed by atoms with Crippen LogP contribution in [-0.2, 0) is 11.3 Å². The lowest BCUT2D eigenvalue weighted by Crippen LogP contribution is -2.25. The van der Waals surface area contributed by atoms with E-state index in [0.29, 0.717) is 19.5 Å². The minimum atomic E-state index is 0.0867. The molecule has 0 aliphatic carbocycles. The van der Waals surface area contributed by atoms with Crippen LogP contribution < -0.4 is 0 Å². The van der Waals surface area contributed by atoms with E-state index in [2.05, 4.69) is 4.98 Å². The van der Waals surface area contributed by atoms with Crippen molar-refractivity contribution in [3.63, 3.8) is 0 Å². The fourth-order valence-electron chi connectivity index (χ4n) is 1.99. The van der Waals surface area contributed by atoms with E-state index in [9.17, 15) is 4.79 Å². The smallest absolute Gasteiger partial charge is 0.223 e. The van der Waals surface area contributed by atoms with E-state index in [4.69, 9.17) is 5.11 Å². The second kappa shape index (κ2) is 4.61. The molecule has 0 saturated carbocycles. The monoisotopic (exact) mass is 220 g/mol. The topological polar surface area (TPSA) is 53.4 Å². The second-order valence-corrected chi connectivity index (χ2v) is 4.29. The van der Waals surface area contributed by atoms with Gasteiger partial charge in [-0.15, -0.1) is 0 Å². The van der Waals surface area contributed by atoms with Crippen LogP contribution in [0.1, 0.15) is 17.7 Å². The zero-order valence-corrected chi connectivity index (χ0v) is 9.39. The van der Waals surface area contributed by atoms with Gasteiger partial charge in [0.25, 0.3) is 0 Å². The molecule has 1 fully saturated rings. The van der Waals surface area contributed by atoms with Gasteiger partial charge in [0.2, 0.25) is 5.91 Å². The molecule has 0 aromatic carbocycles. The number of carbonyl (C=O) groups is 1. The van der Waals surface area contributed by atoms with Gasteiger partial charge in [0.1, 0.15) is 0 Å². The molecule has 4 heteroatoms. The molecule has 2 rings (SSSR count). The summed E-state index contributed by atoms with van der Waals surface area (Å²) in [5.74, 6) is 0.209. The van der Waals surface area contributed by atoms with Crippen LogP contribution in [0.2, 0.25) is 0 Å². The Labute approximate surface area is 94.9 Å². The Morgan fingerprint density at radius 1 is 1.62 bits per heavy atom. The highest BCUT2D eigenvalue weighted by Crippen LogP contribution is 2.19. The van der Waals surface area contributed by atoms with Crippen molar-refractivity contribution >= 4 is 5.91 Å². The summed E-state index contributed by atoms with van der Waals surface area (Å²) in [5.41, 5.74) is 2.04. The number of amides is 1. The van der Waals surface area contributed by atoms with Crippen LogP contribution in [0.25, 0.3) is 0 Å². The third-order valence-electron chi connectivity index (χ3n) is 3.01. The summed E-state index contributed by atoms with van der Waals surface area (Å²) < 4.78 is 0. The van der Waals surface area contributed by atoms with E-state index in [1.165, 1.54) is 0 Å². The molecule has 2 heterocycles. The number of likely N-dealkylation sites (tertiary alicyclic amines) is 1. The van der Waals surface area contributed by atoms with E-state index in [1.54, 1.807) is 11.1 Å². The first kappa shape index (κ1) is 11.1. The SMILES string of the molecule is Cc1cccnc1CN1CC(CO)CC1=O. The molecule has 86 valence electrons. The summed E-state index contributed by atoms with van der Waals surface area (Å²) in [6, 6.07) is 3.88. The molecular formula is C12H16N2O2. The maximum absolute atomic E-state index is 11.6. The van der Waals surface area contributed by atoms with E-state index >= 15 is 0 Å². The van der Waals surface area contributed by atoms with Gasteiger partial charge in [-0.1, -0.05) is 6.07 Å². The van der Waals surface area contributed by atoms with Gasteiger partial charge in [-0.2, -0.15) is 0 Å². The predicted molar refractivity (Wildman–Crippen MR) is 59.6 cm³/mol. The van der Waals surface area contributed by atoms with Gasteiger partial charge in [0.15, 0.2) is 0 Å². The average Bonchev–Trinajstić information content (AvgIpc) is 2.63. The van der Waals surface area contributed by atoms with Crippen molar-refractivity contribution in [1.82, 2.24) is 9.88 Å². The standard InChI is InChI=1S/C12H16N2O2/c1-9-3-2-4-13-11(9)7-14-6-10(8-15)5-12(14)16/h2-4,10,15H,5-8H2,1H3. The van der Waals surface area contributed by atoms with Crippen LogP contribution in [0.3, 0.4) is 0 Å². The maximum atomic E-state index is 11.6.